The summed E-state index contributed by atoms with van der Waals surface area (Å²) in [6, 6.07) is 5.68. The Kier molecular flexibility index (Phi) is 6.68. The van der Waals surface area contributed by atoms with Crippen LogP contribution in [0.5, 0.6) is 5.88 Å². The number of rotatable bonds is 5. The number of nitrogens with zero attached hydrogens (tertiary/aromatic N) is 3. The van der Waals surface area contributed by atoms with Gasteiger partial charge in [0.05, 0.1) is 37.1 Å². The highest BCUT2D eigenvalue weighted by Gasteiger charge is 2.26. The average molecular weight is 455 g/mol. The van der Waals surface area contributed by atoms with Gasteiger partial charge in [0.15, 0.2) is 0 Å². The van der Waals surface area contributed by atoms with Crippen molar-refractivity contribution in [2.75, 3.05) is 27.3 Å². The van der Waals surface area contributed by atoms with Gasteiger partial charge in [-0.05, 0) is 47.9 Å². The number of benzene rings is 1. The summed E-state index contributed by atoms with van der Waals surface area (Å²) >= 11 is 9.80. The van der Waals surface area contributed by atoms with E-state index in [1.165, 1.54) is 7.11 Å². The predicted octanol–water partition coefficient (Wildman–Crippen LogP) is 3.95. The van der Waals surface area contributed by atoms with Crippen LogP contribution in [0.4, 0.5) is 0 Å². The smallest absolute Gasteiger partial charge is 0.308 e. The molecular weight excluding hydrogens is 434 g/mol. The van der Waals surface area contributed by atoms with Crippen LogP contribution in [-0.4, -0.2) is 48.1 Å². The molecule has 1 aliphatic heterocycles. The lowest BCUT2D eigenvalue weighted by atomic mass is 9.97. The van der Waals surface area contributed by atoms with Crippen LogP contribution in [0.2, 0.25) is 5.02 Å². The van der Waals surface area contributed by atoms with Gasteiger partial charge in [-0.25, -0.2) is 4.98 Å². The van der Waals surface area contributed by atoms with Gasteiger partial charge >= 0.3 is 5.97 Å². The fraction of sp³-hybridized carbons (Fsp3) is 0.421. The lowest BCUT2D eigenvalue weighted by Gasteiger charge is -2.30. The van der Waals surface area contributed by atoms with E-state index in [-0.39, 0.29) is 11.9 Å². The molecule has 0 bridgehead atoms. The first-order valence-electron chi connectivity index (χ1n) is 8.68. The fourth-order valence-corrected chi connectivity index (χ4v) is 3.79. The first-order valence-corrected chi connectivity index (χ1v) is 9.85. The van der Waals surface area contributed by atoms with E-state index in [2.05, 4.69) is 30.8 Å². The van der Waals surface area contributed by atoms with E-state index in [4.69, 9.17) is 21.1 Å². The summed E-state index contributed by atoms with van der Waals surface area (Å²) in [5.41, 5.74) is 2.22. The Balaban J connectivity index is 1.74. The maximum atomic E-state index is 11.7. The predicted molar refractivity (Wildman–Crippen MR) is 107 cm³/mol. The molecule has 27 heavy (non-hydrogen) atoms. The van der Waals surface area contributed by atoms with Gasteiger partial charge in [0, 0.05) is 16.6 Å². The molecule has 1 aromatic carbocycles. The zero-order valence-electron chi connectivity index (χ0n) is 15.2. The second kappa shape index (κ2) is 8.99. The third kappa shape index (κ3) is 4.59. The third-order valence-corrected chi connectivity index (χ3v) is 6.02. The van der Waals surface area contributed by atoms with Crippen LogP contribution < -0.4 is 4.74 Å². The van der Waals surface area contributed by atoms with Crippen LogP contribution in [0.25, 0.3) is 11.3 Å². The maximum absolute atomic E-state index is 11.7. The van der Waals surface area contributed by atoms with Gasteiger partial charge in [0.1, 0.15) is 5.69 Å². The van der Waals surface area contributed by atoms with Gasteiger partial charge in [-0.15, -0.1) is 0 Å². The van der Waals surface area contributed by atoms with E-state index in [9.17, 15) is 4.79 Å². The molecule has 144 valence electrons. The van der Waals surface area contributed by atoms with Crippen molar-refractivity contribution in [3.63, 3.8) is 0 Å². The second-order valence-electron chi connectivity index (χ2n) is 6.39. The van der Waals surface area contributed by atoms with Crippen molar-refractivity contribution in [1.29, 1.82) is 0 Å². The molecule has 0 unspecified atom stereocenters. The molecule has 0 amide bonds. The summed E-state index contributed by atoms with van der Waals surface area (Å²) in [5.74, 6) is 0.348. The molecule has 6 nitrogen and oxygen atoms in total. The highest BCUT2D eigenvalue weighted by Crippen LogP contribution is 2.33. The Morgan fingerprint density at radius 2 is 2.07 bits per heavy atom. The Hall–Kier alpha value is -1.70. The molecular formula is C19H21BrClN3O3. The number of carbonyl (C=O) groups excluding carboxylic acids is 1. The van der Waals surface area contributed by atoms with Crippen LogP contribution in [-0.2, 0) is 16.1 Å². The first kappa shape index (κ1) is 20.0. The molecule has 0 atom stereocenters. The third-order valence-electron chi connectivity index (χ3n) is 4.73. The van der Waals surface area contributed by atoms with Gasteiger partial charge < -0.3 is 9.47 Å². The lowest BCUT2D eigenvalue weighted by molar-refractivity contribution is -0.147. The van der Waals surface area contributed by atoms with Gasteiger partial charge in [0.2, 0.25) is 5.88 Å². The Labute approximate surface area is 172 Å². The summed E-state index contributed by atoms with van der Waals surface area (Å²) in [4.78, 5) is 23.1. The van der Waals surface area contributed by atoms with Crippen molar-refractivity contribution in [2.24, 2.45) is 5.92 Å². The number of carbonyl (C=O) groups is 1. The molecule has 8 heteroatoms. The molecule has 0 saturated carbocycles. The summed E-state index contributed by atoms with van der Waals surface area (Å²) in [7, 11) is 3.03. The van der Waals surface area contributed by atoms with E-state index in [1.54, 1.807) is 13.3 Å². The minimum atomic E-state index is -0.123. The number of halogens is 2. The molecule has 1 saturated heterocycles. The number of likely N-dealkylation sites (tertiary alicyclic amines) is 1. The van der Waals surface area contributed by atoms with Crippen LogP contribution in [0, 0.1) is 5.92 Å². The number of ether oxygens (including phenoxy) is 2. The maximum Gasteiger partial charge on any atom is 0.308 e. The number of esters is 1. The number of methoxy groups -OCH3 is 2. The molecule has 1 fully saturated rings. The first-order chi connectivity index (χ1) is 13.0. The summed E-state index contributed by atoms with van der Waals surface area (Å²) in [6.45, 7) is 2.24. The molecule has 3 rings (SSSR count). The molecule has 0 spiro atoms. The summed E-state index contributed by atoms with van der Waals surface area (Å²) in [6.07, 6.45) is 3.29. The van der Waals surface area contributed by atoms with Crippen LogP contribution in [0.1, 0.15) is 18.5 Å². The molecule has 0 radical (unpaired) electrons. The molecule has 1 aromatic heterocycles. The Morgan fingerprint density at radius 3 is 2.74 bits per heavy atom. The van der Waals surface area contributed by atoms with E-state index in [0.717, 1.165) is 41.7 Å². The van der Waals surface area contributed by atoms with Crippen LogP contribution in [0.3, 0.4) is 0 Å². The van der Waals surface area contributed by atoms with Crippen LogP contribution >= 0.6 is 27.5 Å². The molecule has 2 aromatic rings. The monoisotopic (exact) mass is 453 g/mol. The Bertz CT molecular complexity index is 826. The van der Waals surface area contributed by atoms with Gasteiger partial charge in [-0.1, -0.05) is 23.7 Å². The zero-order valence-corrected chi connectivity index (χ0v) is 17.6. The minimum Gasteiger partial charge on any atom is -0.480 e. The highest BCUT2D eigenvalue weighted by atomic mass is 79.9. The number of hydrogen-bond donors (Lipinski definition) is 0. The fourth-order valence-electron chi connectivity index (χ4n) is 3.21. The van der Waals surface area contributed by atoms with Gasteiger partial charge in [0.25, 0.3) is 0 Å². The van der Waals surface area contributed by atoms with E-state index in [1.807, 2.05) is 18.2 Å². The van der Waals surface area contributed by atoms with E-state index in [0.29, 0.717) is 23.1 Å². The SMILES string of the molecule is COC(=O)C1CCN(Cc2ncc(-c3cccc(Br)c3Cl)nc2OC)CC1. The normalized spacial score (nSPS) is 15.6. The van der Waals surface area contributed by atoms with Crippen molar-refractivity contribution in [2.45, 2.75) is 19.4 Å². The van der Waals surface area contributed by atoms with Gasteiger partial charge in [-0.3, -0.25) is 14.7 Å². The number of hydrogen-bond acceptors (Lipinski definition) is 6. The molecule has 0 aliphatic carbocycles. The standard InChI is InChI=1S/C19H21BrClN3O3/c1-26-18-16(11-24-8-6-12(7-9-24)19(25)27-2)22-10-15(23-18)13-4-3-5-14(20)17(13)21/h3-5,10,12H,6-9,11H2,1-2H3. The second-order valence-corrected chi connectivity index (χ2v) is 7.62. The van der Waals surface area contributed by atoms with E-state index >= 15 is 0 Å². The lowest BCUT2D eigenvalue weighted by Crippen LogP contribution is -2.36. The Morgan fingerprint density at radius 1 is 1.33 bits per heavy atom. The zero-order chi connectivity index (χ0) is 19.4. The summed E-state index contributed by atoms with van der Waals surface area (Å²) in [5, 5.41) is 0.589. The van der Waals surface area contributed by atoms with Crippen molar-refractivity contribution in [3.05, 3.63) is 39.6 Å². The largest absolute Gasteiger partial charge is 0.480 e. The summed E-state index contributed by atoms with van der Waals surface area (Å²) < 4.78 is 11.1. The molecule has 2 heterocycles. The molecule has 1 aliphatic rings. The highest BCUT2D eigenvalue weighted by molar-refractivity contribution is 9.10. The van der Waals surface area contributed by atoms with Gasteiger partial charge in [-0.2, -0.15) is 0 Å². The van der Waals surface area contributed by atoms with Crippen molar-refractivity contribution in [3.8, 4) is 17.1 Å². The number of aromatic nitrogens is 2. The quantitative estimate of drug-likeness (QED) is 0.637. The number of piperidine rings is 1. The van der Waals surface area contributed by atoms with Crippen molar-refractivity contribution in [1.82, 2.24) is 14.9 Å². The van der Waals surface area contributed by atoms with Crippen LogP contribution in [0.15, 0.2) is 28.9 Å². The topological polar surface area (TPSA) is 64.5 Å². The average Bonchev–Trinajstić information content (AvgIpc) is 2.70. The molecule has 0 N–H and O–H groups in total. The van der Waals surface area contributed by atoms with E-state index < -0.39 is 0 Å². The van der Waals surface area contributed by atoms with Crippen molar-refractivity contribution < 1.29 is 14.3 Å². The minimum absolute atomic E-state index is 0.0136. The van der Waals surface area contributed by atoms with Crippen molar-refractivity contribution >= 4 is 33.5 Å².